The number of fused-ring (bicyclic) bond motifs is 3. The lowest BCUT2D eigenvalue weighted by atomic mass is 9.89. The lowest BCUT2D eigenvalue weighted by Gasteiger charge is -2.17. The molecule has 1 unspecified atom stereocenters. The van der Waals surface area contributed by atoms with Gasteiger partial charge in [0.05, 0.1) is 10.9 Å². The molecule has 2 aliphatic carbocycles. The predicted molar refractivity (Wildman–Crippen MR) is 115 cm³/mol. The molecular weight excluding hydrogens is 410 g/mol. The van der Waals surface area contributed by atoms with E-state index in [2.05, 4.69) is 22.0 Å². The highest BCUT2D eigenvalue weighted by Gasteiger charge is 2.35. The Balaban J connectivity index is 0.00000205. The number of rotatable bonds is 4. The zero-order chi connectivity index (χ0) is 19.3. The van der Waals surface area contributed by atoms with Crippen LogP contribution in [0.2, 0.25) is 0 Å². The maximum Gasteiger partial charge on any atom is 0.259 e. The van der Waals surface area contributed by atoms with Gasteiger partial charge in [0.15, 0.2) is 5.82 Å². The van der Waals surface area contributed by atoms with E-state index in [1.165, 1.54) is 10.4 Å². The number of halogens is 1. The SMILES string of the molecule is CC1CCc2c(sc3nc(CCc4nc(C5(N)CCCC5)no4)[nH]c(=O)c23)C1.Cl. The van der Waals surface area contributed by atoms with Gasteiger partial charge in [0, 0.05) is 17.7 Å². The third-order valence-corrected chi connectivity index (χ3v) is 7.35. The van der Waals surface area contributed by atoms with Gasteiger partial charge in [0.1, 0.15) is 10.7 Å². The van der Waals surface area contributed by atoms with E-state index < -0.39 is 5.54 Å². The Morgan fingerprint density at radius 1 is 1.28 bits per heavy atom. The molecule has 3 N–H and O–H groups in total. The van der Waals surface area contributed by atoms with E-state index in [4.69, 9.17) is 15.2 Å². The Bertz CT molecular complexity index is 1080. The van der Waals surface area contributed by atoms with Crippen molar-refractivity contribution in [2.24, 2.45) is 11.7 Å². The van der Waals surface area contributed by atoms with E-state index in [1.807, 2.05) is 0 Å². The van der Waals surface area contributed by atoms with Gasteiger partial charge >= 0.3 is 0 Å². The lowest BCUT2D eigenvalue weighted by molar-refractivity contribution is 0.348. The molecule has 1 saturated carbocycles. The first-order valence-electron chi connectivity index (χ1n) is 10.2. The van der Waals surface area contributed by atoms with Crippen LogP contribution in [0.15, 0.2) is 9.32 Å². The van der Waals surface area contributed by atoms with Gasteiger partial charge in [-0.3, -0.25) is 4.79 Å². The zero-order valence-corrected chi connectivity index (χ0v) is 18.1. The maximum atomic E-state index is 12.7. The second kappa shape index (κ2) is 7.81. The normalized spacial score (nSPS) is 20.6. The van der Waals surface area contributed by atoms with E-state index in [0.717, 1.165) is 55.2 Å². The Morgan fingerprint density at radius 2 is 2.07 bits per heavy atom. The number of hydrogen-bond donors (Lipinski definition) is 2. The van der Waals surface area contributed by atoms with Crippen molar-refractivity contribution in [2.75, 3.05) is 0 Å². The monoisotopic (exact) mass is 435 g/mol. The Kier molecular flexibility index (Phi) is 5.52. The largest absolute Gasteiger partial charge is 0.339 e. The zero-order valence-electron chi connectivity index (χ0n) is 16.5. The first-order chi connectivity index (χ1) is 13.5. The average Bonchev–Trinajstić information content (AvgIpc) is 3.37. The summed E-state index contributed by atoms with van der Waals surface area (Å²) in [5.41, 5.74) is 7.14. The van der Waals surface area contributed by atoms with E-state index >= 15 is 0 Å². The van der Waals surface area contributed by atoms with Crippen molar-refractivity contribution in [3.05, 3.63) is 38.3 Å². The van der Waals surface area contributed by atoms with Crippen molar-refractivity contribution >= 4 is 34.0 Å². The number of nitrogens with one attached hydrogen (secondary N) is 1. The highest BCUT2D eigenvalue weighted by atomic mass is 35.5. The summed E-state index contributed by atoms with van der Waals surface area (Å²) in [6.45, 7) is 2.27. The van der Waals surface area contributed by atoms with Gasteiger partial charge in [-0.05, 0) is 43.6 Å². The number of aryl methyl sites for hydroxylation is 3. The topological polar surface area (TPSA) is 111 Å². The summed E-state index contributed by atoms with van der Waals surface area (Å²) in [6, 6.07) is 0. The summed E-state index contributed by atoms with van der Waals surface area (Å²) in [7, 11) is 0. The summed E-state index contributed by atoms with van der Waals surface area (Å²) in [6.07, 6.45) is 8.29. The van der Waals surface area contributed by atoms with Crippen molar-refractivity contribution in [1.29, 1.82) is 0 Å². The third kappa shape index (κ3) is 3.73. The summed E-state index contributed by atoms with van der Waals surface area (Å²) in [5.74, 6) is 2.51. The fraction of sp³-hybridized carbons (Fsp3) is 0.600. The molecule has 3 heterocycles. The number of nitrogens with zero attached hydrogens (tertiary/aromatic N) is 3. The third-order valence-electron chi connectivity index (χ3n) is 6.20. The fourth-order valence-corrected chi connectivity index (χ4v) is 5.93. The molecule has 3 aromatic rings. The molecule has 0 spiro atoms. The number of nitrogens with two attached hydrogens (primary N) is 1. The minimum absolute atomic E-state index is 0. The molecular formula is C20H26ClN5O2S. The van der Waals surface area contributed by atoms with Crippen LogP contribution in [0.5, 0.6) is 0 Å². The van der Waals surface area contributed by atoms with Crippen LogP contribution in [0, 0.1) is 5.92 Å². The number of aromatic nitrogens is 4. The molecule has 5 rings (SSSR count). The van der Waals surface area contributed by atoms with Gasteiger partial charge in [0.2, 0.25) is 5.89 Å². The van der Waals surface area contributed by atoms with Crippen molar-refractivity contribution in [3.8, 4) is 0 Å². The summed E-state index contributed by atoms with van der Waals surface area (Å²) < 4.78 is 5.40. The van der Waals surface area contributed by atoms with E-state index in [0.29, 0.717) is 36.3 Å². The van der Waals surface area contributed by atoms with Crippen molar-refractivity contribution < 1.29 is 4.52 Å². The highest BCUT2D eigenvalue weighted by Crippen LogP contribution is 2.36. The van der Waals surface area contributed by atoms with Gasteiger partial charge in [-0.2, -0.15) is 4.98 Å². The van der Waals surface area contributed by atoms with Crippen LogP contribution in [-0.2, 0) is 31.2 Å². The Labute approximate surface area is 178 Å². The molecule has 0 aromatic carbocycles. The summed E-state index contributed by atoms with van der Waals surface area (Å²) in [4.78, 5) is 27.1. The van der Waals surface area contributed by atoms with Crippen LogP contribution in [0.3, 0.4) is 0 Å². The first-order valence-corrected chi connectivity index (χ1v) is 11.0. The molecule has 1 fully saturated rings. The standard InChI is InChI=1S/C20H25N5O2S.ClH/c1-11-4-5-12-13(10-11)28-18-16(12)17(26)22-14(23-18)6-7-15-24-19(25-27-15)20(21)8-2-3-9-20;/h11H,2-10,21H2,1H3,(H,22,23,26);1H. The van der Waals surface area contributed by atoms with Gasteiger partial charge in [0.25, 0.3) is 5.56 Å². The van der Waals surface area contributed by atoms with Crippen LogP contribution in [0.4, 0.5) is 0 Å². The van der Waals surface area contributed by atoms with Crippen LogP contribution >= 0.6 is 23.7 Å². The number of H-pyrrole nitrogens is 1. The fourth-order valence-electron chi connectivity index (χ4n) is 4.53. The molecule has 29 heavy (non-hydrogen) atoms. The molecule has 3 aromatic heterocycles. The minimum atomic E-state index is -0.444. The van der Waals surface area contributed by atoms with E-state index in [9.17, 15) is 4.79 Å². The van der Waals surface area contributed by atoms with Crippen molar-refractivity contribution in [3.63, 3.8) is 0 Å². The van der Waals surface area contributed by atoms with Gasteiger partial charge in [-0.1, -0.05) is 24.9 Å². The quantitative estimate of drug-likeness (QED) is 0.649. The Hall–Kier alpha value is -1.77. The maximum absolute atomic E-state index is 12.7. The molecule has 0 radical (unpaired) electrons. The molecule has 156 valence electrons. The van der Waals surface area contributed by atoms with Crippen molar-refractivity contribution in [1.82, 2.24) is 20.1 Å². The van der Waals surface area contributed by atoms with Crippen LogP contribution in [0.25, 0.3) is 10.2 Å². The molecule has 7 nitrogen and oxygen atoms in total. The average molecular weight is 436 g/mol. The lowest BCUT2D eigenvalue weighted by Crippen LogP contribution is -2.34. The summed E-state index contributed by atoms with van der Waals surface area (Å²) in [5, 5.41) is 4.89. The van der Waals surface area contributed by atoms with Crippen molar-refractivity contribution in [2.45, 2.75) is 70.3 Å². The van der Waals surface area contributed by atoms with Crippen LogP contribution < -0.4 is 11.3 Å². The van der Waals surface area contributed by atoms with Gasteiger partial charge in [-0.25, -0.2) is 4.98 Å². The molecule has 2 aliphatic rings. The second-order valence-corrected chi connectivity index (χ2v) is 9.50. The second-order valence-electron chi connectivity index (χ2n) is 8.42. The number of hydrogen-bond acceptors (Lipinski definition) is 7. The van der Waals surface area contributed by atoms with Gasteiger partial charge in [-0.15, -0.1) is 23.7 Å². The van der Waals surface area contributed by atoms with Gasteiger partial charge < -0.3 is 15.2 Å². The van der Waals surface area contributed by atoms with Crippen LogP contribution in [0.1, 0.15) is 67.0 Å². The first kappa shape index (κ1) is 20.5. The van der Waals surface area contributed by atoms with E-state index in [1.54, 1.807) is 11.3 Å². The molecule has 0 aliphatic heterocycles. The predicted octanol–water partition coefficient (Wildman–Crippen LogP) is 3.43. The van der Waals surface area contributed by atoms with Crippen LogP contribution in [-0.4, -0.2) is 20.1 Å². The number of thiophene rings is 1. The molecule has 0 bridgehead atoms. The minimum Gasteiger partial charge on any atom is -0.339 e. The molecule has 0 saturated heterocycles. The highest BCUT2D eigenvalue weighted by molar-refractivity contribution is 7.18. The molecule has 1 atom stereocenters. The Morgan fingerprint density at radius 3 is 2.86 bits per heavy atom. The smallest absolute Gasteiger partial charge is 0.259 e. The molecule has 0 amide bonds. The number of aromatic amines is 1. The van der Waals surface area contributed by atoms with E-state index in [-0.39, 0.29) is 18.0 Å². The summed E-state index contributed by atoms with van der Waals surface area (Å²) >= 11 is 1.67. The molecule has 9 heteroatoms.